The van der Waals surface area contributed by atoms with Gasteiger partial charge < -0.3 is 34.0 Å². The molecule has 2 aromatic heterocycles. The Balaban J connectivity index is 0.00000185. The minimum absolute atomic E-state index is 0. The lowest BCUT2D eigenvalue weighted by Crippen LogP contribution is -3.00. The van der Waals surface area contributed by atoms with Crippen molar-refractivity contribution in [1.29, 1.82) is 0 Å². The fraction of sp³-hybridized carbons (Fsp3) is 0.0588. The van der Waals surface area contributed by atoms with Gasteiger partial charge in [-0.15, -0.1) is 0 Å². The van der Waals surface area contributed by atoms with Crippen LogP contribution in [0.5, 0.6) is 0 Å². The average molecular weight is 652 g/mol. The third kappa shape index (κ3) is 7.26. The summed E-state index contributed by atoms with van der Waals surface area (Å²) >= 11 is 0. The van der Waals surface area contributed by atoms with Gasteiger partial charge in [0, 0.05) is 11.1 Å². The summed E-state index contributed by atoms with van der Waals surface area (Å²) in [5, 5.41) is 0. The highest BCUT2D eigenvalue weighted by Gasteiger charge is 2.08. The van der Waals surface area contributed by atoms with Crippen LogP contribution < -0.4 is 43.1 Å². The van der Waals surface area contributed by atoms with E-state index in [1.165, 1.54) is 11.1 Å². The molecular weight excluding hydrogens is 624 g/mol. The van der Waals surface area contributed by atoms with Crippen LogP contribution in [0.4, 0.5) is 0 Å². The van der Waals surface area contributed by atoms with Gasteiger partial charge in [0.25, 0.3) is 0 Å². The van der Waals surface area contributed by atoms with E-state index in [4.69, 9.17) is 0 Å². The van der Waals surface area contributed by atoms with Gasteiger partial charge in [-0.2, -0.15) is 0 Å². The van der Waals surface area contributed by atoms with Crippen LogP contribution in [-0.4, -0.2) is 9.13 Å². The van der Waals surface area contributed by atoms with Gasteiger partial charge in [-0.1, -0.05) is 72.5 Å². The Bertz CT molecular complexity index is 1570. The topological polar surface area (TPSA) is 17.6 Å². The van der Waals surface area contributed by atoms with Gasteiger partial charge in [0.15, 0.2) is 0 Å². The van der Waals surface area contributed by atoms with Crippen LogP contribution in [0.2, 0.25) is 0 Å². The monoisotopic (exact) mass is 650 g/mol. The first-order valence-corrected chi connectivity index (χ1v) is 12.7. The molecular formula is C34H28Br2N4. The lowest BCUT2D eigenvalue weighted by Gasteiger charge is -1.98. The van der Waals surface area contributed by atoms with E-state index < -0.39 is 0 Å². The van der Waals surface area contributed by atoms with E-state index in [0.717, 1.165) is 35.6 Å². The molecule has 4 nitrogen and oxygen atoms in total. The SMILES string of the molecule is C(#Cc1ccc(-n2cc[n+](Cc3ccccc3)c2)cc1)c1ccc(-n2cc[n+](Cc3ccccc3)c2)cc1.[Br-].[Br-]. The maximum Gasteiger partial charge on any atom is 0.249 e. The Morgan fingerprint density at radius 1 is 0.475 bits per heavy atom. The van der Waals surface area contributed by atoms with E-state index >= 15 is 0 Å². The maximum absolute atomic E-state index is 3.29. The number of benzene rings is 4. The number of hydrogen-bond acceptors (Lipinski definition) is 0. The third-order valence-electron chi connectivity index (χ3n) is 6.48. The summed E-state index contributed by atoms with van der Waals surface area (Å²) in [5.41, 5.74) is 6.79. The summed E-state index contributed by atoms with van der Waals surface area (Å²) < 4.78 is 8.62. The van der Waals surface area contributed by atoms with Crippen molar-refractivity contribution in [3.8, 4) is 23.2 Å². The molecule has 0 spiro atoms. The van der Waals surface area contributed by atoms with Crippen LogP contribution in [0, 0.1) is 11.8 Å². The van der Waals surface area contributed by atoms with Gasteiger partial charge in [-0.05, 0) is 59.7 Å². The van der Waals surface area contributed by atoms with Crippen molar-refractivity contribution in [3.63, 3.8) is 0 Å². The minimum Gasteiger partial charge on any atom is -1.00 e. The molecule has 0 bridgehead atoms. The lowest BCUT2D eigenvalue weighted by atomic mass is 10.1. The van der Waals surface area contributed by atoms with Gasteiger partial charge >= 0.3 is 0 Å². The Labute approximate surface area is 256 Å². The summed E-state index contributed by atoms with van der Waals surface area (Å²) in [6.07, 6.45) is 12.6. The van der Waals surface area contributed by atoms with E-state index in [-0.39, 0.29) is 34.0 Å². The molecule has 0 aliphatic rings. The Morgan fingerprint density at radius 2 is 0.850 bits per heavy atom. The molecule has 198 valence electrons. The molecule has 6 aromatic rings. The zero-order chi connectivity index (χ0) is 25.6. The smallest absolute Gasteiger partial charge is 0.249 e. The number of halogens is 2. The molecule has 6 rings (SSSR count). The molecule has 0 aliphatic heterocycles. The van der Waals surface area contributed by atoms with Crippen LogP contribution in [0.25, 0.3) is 11.4 Å². The summed E-state index contributed by atoms with van der Waals surface area (Å²) in [5.74, 6) is 6.59. The number of aromatic nitrogens is 4. The van der Waals surface area contributed by atoms with Gasteiger partial charge in [0.2, 0.25) is 12.7 Å². The Morgan fingerprint density at radius 3 is 1.23 bits per heavy atom. The van der Waals surface area contributed by atoms with E-state index in [9.17, 15) is 0 Å². The molecule has 0 fully saturated rings. The number of rotatable bonds is 6. The highest BCUT2D eigenvalue weighted by molar-refractivity contribution is 5.47. The van der Waals surface area contributed by atoms with Crippen LogP contribution in [0.3, 0.4) is 0 Å². The molecule has 2 heterocycles. The van der Waals surface area contributed by atoms with Crippen molar-refractivity contribution >= 4 is 0 Å². The van der Waals surface area contributed by atoms with Crippen LogP contribution in [0.15, 0.2) is 147 Å². The van der Waals surface area contributed by atoms with Gasteiger partial charge in [0.05, 0.1) is 0 Å². The summed E-state index contributed by atoms with van der Waals surface area (Å²) in [4.78, 5) is 0. The number of imidazole rings is 2. The molecule has 6 heteroatoms. The molecule has 0 atom stereocenters. The maximum atomic E-state index is 3.29. The number of hydrogen-bond donors (Lipinski definition) is 0. The molecule has 0 saturated carbocycles. The van der Waals surface area contributed by atoms with E-state index in [1.807, 2.05) is 12.1 Å². The largest absolute Gasteiger partial charge is 1.00 e. The van der Waals surface area contributed by atoms with E-state index in [0.29, 0.717) is 0 Å². The van der Waals surface area contributed by atoms with Crippen LogP contribution in [-0.2, 0) is 13.1 Å². The second-order valence-electron chi connectivity index (χ2n) is 9.30. The standard InChI is InChI=1S/C34H28N4.2BrH/c1-3-7-31(8-4-1)25-35-21-23-37(27-35)33-17-13-29(14-18-33)11-12-30-15-19-34(20-16-30)38-24-22-36(28-38)26-32-9-5-2-6-10-32;;/h1-10,13-24,27-28H,25-26H2;2*1H/q+2;;/p-2. The van der Waals surface area contributed by atoms with Crippen molar-refractivity contribution in [2.75, 3.05) is 0 Å². The zero-order valence-electron chi connectivity index (χ0n) is 21.8. The van der Waals surface area contributed by atoms with Gasteiger partial charge in [-0.25, -0.2) is 18.3 Å². The summed E-state index contributed by atoms with van der Waals surface area (Å²) in [7, 11) is 0. The second kappa shape index (κ2) is 13.7. The second-order valence-corrected chi connectivity index (χ2v) is 9.30. The van der Waals surface area contributed by atoms with E-state index in [2.05, 4.69) is 165 Å². The average Bonchev–Trinajstić information content (AvgIpc) is 3.64. The number of nitrogens with zero attached hydrogens (tertiary/aromatic N) is 4. The highest BCUT2D eigenvalue weighted by Crippen LogP contribution is 2.11. The normalized spacial score (nSPS) is 10.1. The Kier molecular flexibility index (Phi) is 9.91. The molecule has 0 N–H and O–H groups in total. The lowest BCUT2D eigenvalue weighted by molar-refractivity contribution is -0.687. The molecule has 40 heavy (non-hydrogen) atoms. The Hall–Kier alpha value is -4.18. The van der Waals surface area contributed by atoms with Crippen LogP contribution in [0.1, 0.15) is 22.3 Å². The minimum atomic E-state index is 0. The fourth-order valence-electron chi connectivity index (χ4n) is 4.45. The van der Waals surface area contributed by atoms with E-state index in [1.54, 1.807) is 0 Å². The third-order valence-corrected chi connectivity index (χ3v) is 6.48. The molecule has 0 aliphatic carbocycles. The van der Waals surface area contributed by atoms with Gasteiger partial charge in [-0.3, -0.25) is 0 Å². The summed E-state index contributed by atoms with van der Waals surface area (Å²) in [6.45, 7) is 1.71. The van der Waals surface area contributed by atoms with Crippen molar-refractivity contribution in [1.82, 2.24) is 9.13 Å². The van der Waals surface area contributed by atoms with Crippen molar-refractivity contribution in [2.24, 2.45) is 0 Å². The zero-order valence-corrected chi connectivity index (χ0v) is 25.0. The molecule has 0 unspecified atom stereocenters. The highest BCUT2D eigenvalue weighted by atomic mass is 79.9. The predicted octanol–water partition coefficient (Wildman–Crippen LogP) is -0.653. The predicted molar refractivity (Wildman–Crippen MR) is 149 cm³/mol. The van der Waals surface area contributed by atoms with Crippen molar-refractivity contribution < 1.29 is 43.1 Å². The van der Waals surface area contributed by atoms with Crippen LogP contribution >= 0.6 is 0 Å². The van der Waals surface area contributed by atoms with Crippen molar-refractivity contribution in [2.45, 2.75) is 13.1 Å². The molecule has 0 radical (unpaired) electrons. The van der Waals surface area contributed by atoms with Crippen molar-refractivity contribution in [3.05, 3.63) is 169 Å². The first-order chi connectivity index (χ1) is 18.8. The first-order valence-electron chi connectivity index (χ1n) is 12.7. The van der Waals surface area contributed by atoms with Gasteiger partial charge in [0.1, 0.15) is 49.3 Å². The summed E-state index contributed by atoms with van der Waals surface area (Å²) in [6, 6.07) is 37.7. The fourth-order valence-corrected chi connectivity index (χ4v) is 4.45. The first kappa shape index (κ1) is 28.8. The quantitative estimate of drug-likeness (QED) is 0.168. The molecule has 0 saturated heterocycles. The molecule has 4 aromatic carbocycles. The molecule has 0 amide bonds.